The van der Waals surface area contributed by atoms with Gasteiger partial charge in [0.05, 0.1) is 13.1 Å². The lowest BCUT2D eigenvalue weighted by Crippen LogP contribution is -2.28. The van der Waals surface area contributed by atoms with Crippen LogP contribution in [0.2, 0.25) is 0 Å². The number of carbonyl (C=O) groups excluding carboxylic acids is 1. The maximum absolute atomic E-state index is 11.2. The summed E-state index contributed by atoms with van der Waals surface area (Å²) in [4.78, 5) is 11.2. The molecule has 0 aliphatic carbocycles. The van der Waals surface area contributed by atoms with E-state index in [1.54, 1.807) is 24.0 Å². The number of aryl methyl sites for hydroxylation is 1. The molecule has 1 rings (SSSR count). The number of nitrogens with zero attached hydrogens (tertiary/aromatic N) is 2. The average Bonchev–Trinajstić information content (AvgIpc) is 2.52. The van der Waals surface area contributed by atoms with Crippen LogP contribution in [0.1, 0.15) is 0 Å². The van der Waals surface area contributed by atoms with Crippen LogP contribution in [0.5, 0.6) is 0 Å². The molecule has 2 N–H and O–H groups in total. The predicted molar refractivity (Wildman–Crippen MR) is 53.5 cm³/mol. The highest BCUT2D eigenvalue weighted by atomic mass is 16.2. The van der Waals surface area contributed by atoms with Gasteiger partial charge in [-0.2, -0.15) is 5.10 Å². The lowest BCUT2D eigenvalue weighted by Gasteiger charge is -2.01. The van der Waals surface area contributed by atoms with Crippen molar-refractivity contribution in [2.75, 3.05) is 18.4 Å². The smallest absolute Gasteiger partial charge is 0.239 e. The van der Waals surface area contributed by atoms with E-state index in [0.717, 1.165) is 0 Å². The number of hydrogen-bond donors (Lipinski definition) is 2. The molecule has 0 bridgehead atoms. The van der Waals surface area contributed by atoms with Crippen LogP contribution in [0, 0.1) is 12.3 Å². The van der Waals surface area contributed by atoms with Gasteiger partial charge in [-0.3, -0.25) is 14.8 Å². The normalized spacial score (nSPS) is 9.43. The molecule has 0 saturated heterocycles. The first kappa shape index (κ1) is 10.3. The van der Waals surface area contributed by atoms with Crippen molar-refractivity contribution in [3.63, 3.8) is 0 Å². The fourth-order valence-electron chi connectivity index (χ4n) is 0.917. The first-order valence-electron chi connectivity index (χ1n) is 4.16. The van der Waals surface area contributed by atoms with Gasteiger partial charge >= 0.3 is 0 Å². The molecule has 0 atom stereocenters. The Morgan fingerprint density at radius 2 is 2.57 bits per heavy atom. The second kappa shape index (κ2) is 5.04. The standard InChI is InChI=1S/C9H12N4O/c1-3-5-10-7-9(14)11-8-4-6-13(2)12-8/h1,4,6,10H,5,7H2,2H3,(H,11,12,14). The summed E-state index contributed by atoms with van der Waals surface area (Å²) < 4.78 is 1.62. The van der Waals surface area contributed by atoms with Crippen LogP contribution in [0.25, 0.3) is 0 Å². The van der Waals surface area contributed by atoms with Gasteiger partial charge in [0.15, 0.2) is 5.82 Å². The molecule has 0 unspecified atom stereocenters. The van der Waals surface area contributed by atoms with E-state index in [0.29, 0.717) is 12.4 Å². The first-order chi connectivity index (χ1) is 6.72. The molecule has 1 aromatic heterocycles. The van der Waals surface area contributed by atoms with Crippen molar-refractivity contribution >= 4 is 11.7 Å². The Kier molecular flexibility index (Phi) is 3.70. The van der Waals surface area contributed by atoms with Gasteiger partial charge in [-0.25, -0.2) is 0 Å². The van der Waals surface area contributed by atoms with Crippen LogP contribution in [-0.4, -0.2) is 28.8 Å². The first-order valence-corrected chi connectivity index (χ1v) is 4.16. The van der Waals surface area contributed by atoms with Crippen molar-refractivity contribution in [1.82, 2.24) is 15.1 Å². The third-order valence-electron chi connectivity index (χ3n) is 1.49. The molecule has 14 heavy (non-hydrogen) atoms. The van der Waals surface area contributed by atoms with E-state index in [1.165, 1.54) is 0 Å². The maximum atomic E-state index is 11.2. The molecular weight excluding hydrogens is 180 g/mol. The summed E-state index contributed by atoms with van der Waals surface area (Å²) in [6.07, 6.45) is 6.77. The van der Waals surface area contributed by atoms with Crippen LogP contribution in [0.3, 0.4) is 0 Å². The zero-order chi connectivity index (χ0) is 10.4. The third-order valence-corrected chi connectivity index (χ3v) is 1.49. The van der Waals surface area contributed by atoms with Gasteiger partial charge in [0, 0.05) is 19.3 Å². The molecule has 0 fully saturated rings. The van der Waals surface area contributed by atoms with Crippen LogP contribution >= 0.6 is 0 Å². The number of aromatic nitrogens is 2. The number of anilines is 1. The van der Waals surface area contributed by atoms with Crippen LogP contribution in [-0.2, 0) is 11.8 Å². The van der Waals surface area contributed by atoms with Gasteiger partial charge in [0.25, 0.3) is 0 Å². The van der Waals surface area contributed by atoms with Crippen molar-refractivity contribution in [3.8, 4) is 12.3 Å². The Balaban J connectivity index is 2.31. The molecule has 74 valence electrons. The molecule has 1 amide bonds. The molecule has 0 aliphatic heterocycles. The molecule has 1 aromatic rings. The fraction of sp³-hybridized carbons (Fsp3) is 0.333. The molecule has 0 spiro atoms. The van der Waals surface area contributed by atoms with E-state index < -0.39 is 0 Å². The molecule has 5 nitrogen and oxygen atoms in total. The summed E-state index contributed by atoms with van der Waals surface area (Å²) >= 11 is 0. The minimum atomic E-state index is -0.154. The van der Waals surface area contributed by atoms with Gasteiger partial charge in [0.2, 0.25) is 5.91 Å². The van der Waals surface area contributed by atoms with Crippen molar-refractivity contribution in [2.24, 2.45) is 7.05 Å². The maximum Gasteiger partial charge on any atom is 0.239 e. The third kappa shape index (κ3) is 3.29. The number of rotatable bonds is 4. The average molecular weight is 192 g/mol. The summed E-state index contributed by atoms with van der Waals surface area (Å²) in [6, 6.07) is 1.72. The highest BCUT2D eigenvalue weighted by Gasteiger charge is 2.02. The quantitative estimate of drug-likeness (QED) is 0.503. The lowest BCUT2D eigenvalue weighted by molar-refractivity contribution is -0.115. The molecule has 0 radical (unpaired) electrons. The predicted octanol–water partition coefficient (Wildman–Crippen LogP) is -0.419. The van der Waals surface area contributed by atoms with Gasteiger partial charge in [-0.15, -0.1) is 6.42 Å². The van der Waals surface area contributed by atoms with E-state index in [2.05, 4.69) is 21.7 Å². The number of nitrogens with one attached hydrogen (secondary N) is 2. The number of carbonyl (C=O) groups is 1. The van der Waals surface area contributed by atoms with E-state index in [4.69, 9.17) is 6.42 Å². The Labute approximate surface area is 82.5 Å². The summed E-state index contributed by atoms with van der Waals surface area (Å²) in [5.74, 6) is 2.77. The Bertz CT molecular complexity index is 350. The van der Waals surface area contributed by atoms with Gasteiger partial charge in [-0.05, 0) is 0 Å². The van der Waals surface area contributed by atoms with E-state index >= 15 is 0 Å². The van der Waals surface area contributed by atoms with Crippen molar-refractivity contribution in [3.05, 3.63) is 12.3 Å². The second-order valence-electron chi connectivity index (χ2n) is 2.73. The molecular formula is C9H12N4O. The highest BCUT2D eigenvalue weighted by molar-refractivity contribution is 5.91. The Morgan fingerprint density at radius 1 is 1.79 bits per heavy atom. The summed E-state index contributed by atoms with van der Waals surface area (Å²) in [6.45, 7) is 0.580. The van der Waals surface area contributed by atoms with Crippen LogP contribution < -0.4 is 10.6 Å². The van der Waals surface area contributed by atoms with Crippen molar-refractivity contribution in [2.45, 2.75) is 0 Å². The number of amides is 1. The summed E-state index contributed by atoms with van der Waals surface area (Å²) in [5, 5.41) is 9.39. The van der Waals surface area contributed by atoms with E-state index in [9.17, 15) is 4.79 Å². The fourth-order valence-corrected chi connectivity index (χ4v) is 0.917. The Hall–Kier alpha value is -1.80. The number of hydrogen-bond acceptors (Lipinski definition) is 3. The monoisotopic (exact) mass is 192 g/mol. The van der Waals surface area contributed by atoms with Crippen molar-refractivity contribution in [1.29, 1.82) is 0 Å². The largest absolute Gasteiger partial charge is 0.308 e. The molecule has 0 aromatic carbocycles. The minimum absolute atomic E-state index is 0.154. The Morgan fingerprint density at radius 3 is 3.14 bits per heavy atom. The van der Waals surface area contributed by atoms with E-state index in [-0.39, 0.29) is 12.5 Å². The molecule has 0 aliphatic rings. The molecule has 0 saturated carbocycles. The van der Waals surface area contributed by atoms with Gasteiger partial charge in [0.1, 0.15) is 0 Å². The summed E-state index contributed by atoms with van der Waals surface area (Å²) in [5.41, 5.74) is 0. The topological polar surface area (TPSA) is 59.0 Å². The highest BCUT2D eigenvalue weighted by Crippen LogP contribution is 1.99. The van der Waals surface area contributed by atoms with Crippen LogP contribution in [0.4, 0.5) is 5.82 Å². The summed E-state index contributed by atoms with van der Waals surface area (Å²) in [7, 11) is 1.78. The minimum Gasteiger partial charge on any atom is -0.308 e. The van der Waals surface area contributed by atoms with Gasteiger partial charge in [-0.1, -0.05) is 5.92 Å². The zero-order valence-electron chi connectivity index (χ0n) is 7.95. The zero-order valence-corrected chi connectivity index (χ0v) is 7.95. The molecule has 5 heteroatoms. The second-order valence-corrected chi connectivity index (χ2v) is 2.73. The molecule has 1 heterocycles. The number of terminal acetylenes is 1. The van der Waals surface area contributed by atoms with Crippen molar-refractivity contribution < 1.29 is 4.79 Å². The van der Waals surface area contributed by atoms with E-state index in [1.807, 2.05) is 0 Å². The lowest BCUT2D eigenvalue weighted by atomic mass is 10.5. The van der Waals surface area contributed by atoms with Crippen LogP contribution in [0.15, 0.2) is 12.3 Å². The van der Waals surface area contributed by atoms with Gasteiger partial charge < -0.3 is 5.32 Å². The SMILES string of the molecule is C#CCNCC(=O)Nc1ccn(C)n1.